The Balaban J connectivity index is 1.99. The Labute approximate surface area is 198 Å². The average Bonchev–Trinajstić information content (AvgIpc) is 2.75. The first-order valence-corrected chi connectivity index (χ1v) is 11.3. The minimum Gasteiger partial charge on any atom is -0.493 e. The maximum atomic E-state index is 12.3. The molecule has 0 aliphatic heterocycles. The smallest absolute Gasteiger partial charge is 0.252 e. The summed E-state index contributed by atoms with van der Waals surface area (Å²) in [6.07, 6.45) is 3.45. The van der Waals surface area contributed by atoms with Crippen LogP contribution in [-0.2, 0) is 9.59 Å². The number of para-hydroxylation sites is 1. The van der Waals surface area contributed by atoms with Gasteiger partial charge in [-0.2, -0.15) is 5.10 Å². The molecule has 0 spiro atoms. The summed E-state index contributed by atoms with van der Waals surface area (Å²) >= 11 is 6.84. The normalized spacial score (nSPS) is 11.8. The van der Waals surface area contributed by atoms with Crippen LogP contribution in [0.15, 0.2) is 50.4 Å². The van der Waals surface area contributed by atoms with E-state index in [4.69, 9.17) is 9.47 Å². The van der Waals surface area contributed by atoms with Crippen LogP contribution < -0.4 is 20.2 Å². The van der Waals surface area contributed by atoms with Crippen LogP contribution in [0.3, 0.4) is 0 Å². The molecule has 0 fully saturated rings. The molecule has 2 N–H and O–H groups in total. The molecule has 0 aromatic heterocycles. The second kappa shape index (κ2) is 12.5. The van der Waals surface area contributed by atoms with E-state index in [0.717, 1.165) is 21.8 Å². The number of hydrogen-bond acceptors (Lipinski definition) is 5. The predicted molar refractivity (Wildman–Crippen MR) is 129 cm³/mol. The number of hydrazone groups is 1. The lowest BCUT2D eigenvalue weighted by atomic mass is 10.1. The van der Waals surface area contributed by atoms with Crippen molar-refractivity contribution in [1.29, 1.82) is 0 Å². The molecular weight excluding hydrogens is 530 g/mol. The number of anilines is 1. The number of ether oxygens (including phenoxy) is 2. The van der Waals surface area contributed by atoms with Crippen LogP contribution in [0.1, 0.15) is 32.3 Å². The topological polar surface area (TPSA) is 89.0 Å². The Hall–Kier alpha value is -2.39. The lowest BCUT2D eigenvalue weighted by Gasteiger charge is -2.13. The number of halogens is 2. The molecule has 0 saturated heterocycles. The van der Waals surface area contributed by atoms with Gasteiger partial charge < -0.3 is 14.8 Å². The highest BCUT2D eigenvalue weighted by atomic mass is 79.9. The molecule has 2 amide bonds. The number of carbonyl (C=O) groups is 2. The summed E-state index contributed by atoms with van der Waals surface area (Å²) in [6, 6.07) is 10.7. The largest absolute Gasteiger partial charge is 0.493 e. The van der Waals surface area contributed by atoms with E-state index >= 15 is 0 Å². The van der Waals surface area contributed by atoms with Crippen molar-refractivity contribution >= 4 is 55.6 Å². The standard InChI is InChI=1S/C22H25Br2N3O4/c1-4-5-10-31-20-17(24)11-15(12-19(20)30-3)13-25-27-22(29)14(2)21(28)26-18-9-7-6-8-16(18)23/h6-9,11-14H,4-5,10H2,1-3H3,(H,26,28)(H,27,29). The van der Waals surface area contributed by atoms with Gasteiger partial charge in [0.1, 0.15) is 5.92 Å². The van der Waals surface area contributed by atoms with Gasteiger partial charge in [0, 0.05) is 4.47 Å². The quantitative estimate of drug-likeness (QED) is 0.184. The molecule has 0 heterocycles. The third-order valence-electron chi connectivity index (χ3n) is 4.30. The molecule has 2 rings (SSSR count). The summed E-state index contributed by atoms with van der Waals surface area (Å²) in [6.45, 7) is 4.20. The molecule has 2 aromatic carbocycles. The van der Waals surface area contributed by atoms with E-state index in [2.05, 4.69) is 54.6 Å². The zero-order valence-electron chi connectivity index (χ0n) is 17.6. The zero-order valence-corrected chi connectivity index (χ0v) is 20.7. The summed E-state index contributed by atoms with van der Waals surface area (Å²) in [4.78, 5) is 24.6. The van der Waals surface area contributed by atoms with Crippen molar-refractivity contribution in [3.05, 3.63) is 50.9 Å². The molecule has 2 aromatic rings. The summed E-state index contributed by atoms with van der Waals surface area (Å²) in [7, 11) is 1.56. The minimum absolute atomic E-state index is 0.433. The SMILES string of the molecule is CCCCOc1c(Br)cc(C=NNC(=O)C(C)C(=O)Nc2ccccc2Br)cc1OC. The van der Waals surface area contributed by atoms with Crippen molar-refractivity contribution < 1.29 is 19.1 Å². The van der Waals surface area contributed by atoms with Gasteiger partial charge in [-0.3, -0.25) is 9.59 Å². The van der Waals surface area contributed by atoms with Crippen molar-refractivity contribution in [3.8, 4) is 11.5 Å². The second-order valence-electron chi connectivity index (χ2n) is 6.66. The van der Waals surface area contributed by atoms with E-state index in [1.165, 1.54) is 13.1 Å². The van der Waals surface area contributed by atoms with Crippen LogP contribution in [-0.4, -0.2) is 31.7 Å². The number of nitrogens with zero attached hydrogens (tertiary/aromatic N) is 1. The highest BCUT2D eigenvalue weighted by Crippen LogP contribution is 2.36. The predicted octanol–water partition coefficient (Wildman–Crippen LogP) is 5.12. The van der Waals surface area contributed by atoms with E-state index < -0.39 is 17.7 Å². The lowest BCUT2D eigenvalue weighted by Crippen LogP contribution is -2.34. The Bertz CT molecular complexity index is 950. The third-order valence-corrected chi connectivity index (χ3v) is 5.58. The number of hydrogen-bond donors (Lipinski definition) is 2. The molecule has 0 aliphatic carbocycles. The van der Waals surface area contributed by atoms with Crippen molar-refractivity contribution in [1.82, 2.24) is 5.43 Å². The zero-order chi connectivity index (χ0) is 22.8. The Morgan fingerprint density at radius 1 is 1.16 bits per heavy atom. The average molecular weight is 555 g/mol. The molecule has 7 nitrogen and oxygen atoms in total. The highest BCUT2D eigenvalue weighted by Gasteiger charge is 2.21. The van der Waals surface area contributed by atoms with Gasteiger partial charge in [0.2, 0.25) is 5.91 Å². The van der Waals surface area contributed by atoms with Crippen molar-refractivity contribution in [2.75, 3.05) is 19.0 Å². The van der Waals surface area contributed by atoms with Crippen LogP contribution in [0.25, 0.3) is 0 Å². The van der Waals surface area contributed by atoms with E-state index in [9.17, 15) is 9.59 Å². The van der Waals surface area contributed by atoms with E-state index in [1.807, 2.05) is 12.1 Å². The Morgan fingerprint density at radius 3 is 2.58 bits per heavy atom. The molecule has 1 unspecified atom stereocenters. The maximum absolute atomic E-state index is 12.3. The summed E-state index contributed by atoms with van der Waals surface area (Å²) in [5.74, 6) is -0.710. The number of methoxy groups -OCH3 is 1. The first-order valence-electron chi connectivity index (χ1n) is 9.76. The molecule has 166 valence electrons. The number of rotatable bonds is 10. The van der Waals surface area contributed by atoms with Crippen LogP contribution in [0.4, 0.5) is 5.69 Å². The van der Waals surface area contributed by atoms with Crippen molar-refractivity contribution in [2.45, 2.75) is 26.7 Å². The highest BCUT2D eigenvalue weighted by molar-refractivity contribution is 9.11. The lowest BCUT2D eigenvalue weighted by molar-refractivity contribution is -0.131. The van der Waals surface area contributed by atoms with Gasteiger partial charge in [-0.25, -0.2) is 5.43 Å². The number of nitrogens with one attached hydrogen (secondary N) is 2. The van der Waals surface area contributed by atoms with Crippen LogP contribution in [0.5, 0.6) is 11.5 Å². The molecule has 0 bridgehead atoms. The van der Waals surface area contributed by atoms with Gasteiger partial charge in [-0.1, -0.05) is 25.5 Å². The molecule has 0 aliphatic rings. The Kier molecular flexibility index (Phi) is 10.00. The molecule has 0 radical (unpaired) electrons. The molecule has 0 saturated carbocycles. The number of benzene rings is 2. The second-order valence-corrected chi connectivity index (χ2v) is 8.37. The minimum atomic E-state index is -0.931. The first-order chi connectivity index (χ1) is 14.9. The van der Waals surface area contributed by atoms with Gasteiger partial charge in [0.15, 0.2) is 11.5 Å². The molecule has 31 heavy (non-hydrogen) atoms. The van der Waals surface area contributed by atoms with Gasteiger partial charge in [-0.15, -0.1) is 0 Å². The number of amides is 2. The number of carbonyl (C=O) groups excluding carboxylic acids is 2. The van der Waals surface area contributed by atoms with Gasteiger partial charge in [-0.05, 0) is 75.0 Å². The molecule has 1 atom stereocenters. The fourth-order valence-corrected chi connectivity index (χ4v) is 3.42. The first kappa shape index (κ1) is 24.9. The van der Waals surface area contributed by atoms with E-state index in [0.29, 0.717) is 29.4 Å². The molecular formula is C22H25Br2N3O4. The molecule has 9 heteroatoms. The van der Waals surface area contributed by atoms with Gasteiger partial charge in [0.05, 0.1) is 30.1 Å². The van der Waals surface area contributed by atoms with Crippen LogP contribution in [0, 0.1) is 5.92 Å². The third kappa shape index (κ3) is 7.36. The monoisotopic (exact) mass is 553 g/mol. The number of unbranched alkanes of at least 4 members (excludes halogenated alkanes) is 1. The summed E-state index contributed by atoms with van der Waals surface area (Å²) in [5, 5.41) is 6.67. The van der Waals surface area contributed by atoms with Gasteiger partial charge >= 0.3 is 0 Å². The van der Waals surface area contributed by atoms with Crippen LogP contribution in [0.2, 0.25) is 0 Å². The summed E-state index contributed by atoms with van der Waals surface area (Å²) in [5.41, 5.74) is 3.68. The van der Waals surface area contributed by atoms with Gasteiger partial charge in [0.25, 0.3) is 5.91 Å². The summed E-state index contributed by atoms with van der Waals surface area (Å²) < 4.78 is 12.6. The maximum Gasteiger partial charge on any atom is 0.252 e. The Morgan fingerprint density at radius 2 is 1.90 bits per heavy atom. The van der Waals surface area contributed by atoms with Crippen molar-refractivity contribution in [2.24, 2.45) is 11.0 Å². The van der Waals surface area contributed by atoms with Crippen LogP contribution >= 0.6 is 31.9 Å². The fourth-order valence-electron chi connectivity index (χ4n) is 2.46. The van der Waals surface area contributed by atoms with E-state index in [1.54, 1.807) is 31.4 Å². The van der Waals surface area contributed by atoms with Crippen molar-refractivity contribution in [3.63, 3.8) is 0 Å². The van der Waals surface area contributed by atoms with E-state index in [-0.39, 0.29) is 0 Å². The fraction of sp³-hybridized carbons (Fsp3) is 0.318.